The van der Waals surface area contributed by atoms with Gasteiger partial charge in [-0.3, -0.25) is 4.79 Å². The van der Waals surface area contributed by atoms with Gasteiger partial charge >= 0.3 is 5.97 Å². The van der Waals surface area contributed by atoms with Crippen molar-refractivity contribution in [2.75, 3.05) is 14.2 Å². The van der Waals surface area contributed by atoms with E-state index in [1.165, 1.54) is 24.9 Å². The smallest absolute Gasteiger partial charge is 0.354 e. The quantitative estimate of drug-likeness (QED) is 0.580. The molecule has 0 unspecified atom stereocenters. The fraction of sp³-hybridized carbons (Fsp3) is 0.333. The molecule has 1 aromatic heterocycles. The van der Waals surface area contributed by atoms with E-state index in [9.17, 15) is 9.59 Å². The van der Waals surface area contributed by atoms with E-state index < -0.39 is 5.97 Å². The Labute approximate surface area is 91.5 Å². The molecule has 0 N–H and O–H groups in total. The molecular weight excluding hydrogens is 222 g/mol. The molecule has 1 rings (SSSR count). The van der Waals surface area contributed by atoms with Gasteiger partial charge in [-0.1, -0.05) is 11.6 Å². The number of esters is 1. The number of hydrogen-bond acceptors (Lipinski definition) is 4. The molecule has 5 nitrogen and oxygen atoms in total. The average molecular weight is 232 g/mol. The number of nitrogens with zero attached hydrogens (tertiary/aromatic N) is 1. The van der Waals surface area contributed by atoms with Crippen LogP contribution >= 0.6 is 11.6 Å². The summed E-state index contributed by atoms with van der Waals surface area (Å²) in [6, 6.07) is 1.36. The lowest BCUT2D eigenvalue weighted by Gasteiger charge is -2.07. The van der Waals surface area contributed by atoms with Crippen molar-refractivity contribution in [3.63, 3.8) is 0 Å². The second kappa shape index (κ2) is 4.95. The van der Waals surface area contributed by atoms with Crippen molar-refractivity contribution < 1.29 is 19.1 Å². The van der Waals surface area contributed by atoms with Gasteiger partial charge in [0.1, 0.15) is 17.6 Å². The summed E-state index contributed by atoms with van der Waals surface area (Å²) < 4.78 is 10.8. The van der Waals surface area contributed by atoms with Crippen LogP contribution in [0.2, 0.25) is 5.15 Å². The molecule has 0 aliphatic carbocycles. The van der Waals surface area contributed by atoms with Crippen LogP contribution in [0.3, 0.4) is 0 Å². The van der Waals surface area contributed by atoms with Crippen molar-refractivity contribution in [1.29, 1.82) is 0 Å². The standard InChI is InChI=1S/C9H10ClNO4/c1-14-5-11-7(9(13)15-2)3-6(4-12)8(11)10/h3-4H,5H2,1-2H3. The van der Waals surface area contributed by atoms with Gasteiger partial charge in [0.15, 0.2) is 6.29 Å². The van der Waals surface area contributed by atoms with Gasteiger partial charge in [-0.15, -0.1) is 0 Å². The fourth-order valence-electron chi connectivity index (χ4n) is 1.16. The van der Waals surface area contributed by atoms with Crippen molar-refractivity contribution in [3.05, 3.63) is 22.5 Å². The van der Waals surface area contributed by atoms with Crippen LogP contribution in [-0.2, 0) is 16.2 Å². The Balaban J connectivity index is 3.23. The van der Waals surface area contributed by atoms with E-state index in [2.05, 4.69) is 4.74 Å². The fourth-order valence-corrected chi connectivity index (χ4v) is 1.40. The SMILES string of the molecule is COCn1c(C(=O)OC)cc(C=O)c1Cl. The van der Waals surface area contributed by atoms with Gasteiger partial charge in [-0.25, -0.2) is 4.79 Å². The predicted molar refractivity (Wildman–Crippen MR) is 53.2 cm³/mol. The van der Waals surface area contributed by atoms with Crippen LogP contribution in [0.4, 0.5) is 0 Å². The van der Waals surface area contributed by atoms with Gasteiger partial charge < -0.3 is 14.0 Å². The third-order valence-corrected chi connectivity index (χ3v) is 2.26. The van der Waals surface area contributed by atoms with Crippen LogP contribution in [0.15, 0.2) is 6.07 Å². The lowest BCUT2D eigenvalue weighted by atomic mass is 10.3. The first-order valence-corrected chi connectivity index (χ1v) is 4.45. The molecular formula is C9H10ClNO4. The van der Waals surface area contributed by atoms with E-state index in [0.29, 0.717) is 6.29 Å². The number of methoxy groups -OCH3 is 2. The lowest BCUT2D eigenvalue weighted by molar-refractivity contribution is 0.0567. The third kappa shape index (κ3) is 2.19. The minimum atomic E-state index is -0.568. The minimum absolute atomic E-state index is 0.0805. The van der Waals surface area contributed by atoms with E-state index in [4.69, 9.17) is 16.3 Å². The lowest BCUT2D eigenvalue weighted by Crippen LogP contribution is -2.11. The Morgan fingerprint density at radius 1 is 1.60 bits per heavy atom. The number of halogens is 1. The summed E-state index contributed by atoms with van der Waals surface area (Å²) in [4.78, 5) is 21.9. The summed E-state index contributed by atoms with van der Waals surface area (Å²) in [7, 11) is 2.71. The van der Waals surface area contributed by atoms with E-state index in [1.807, 2.05) is 0 Å². The number of aromatic nitrogens is 1. The second-order valence-electron chi connectivity index (χ2n) is 2.73. The molecule has 0 saturated heterocycles. The van der Waals surface area contributed by atoms with Gasteiger partial charge in [-0.05, 0) is 6.07 Å². The number of ether oxygens (including phenoxy) is 2. The topological polar surface area (TPSA) is 57.5 Å². The molecule has 0 fully saturated rings. The van der Waals surface area contributed by atoms with Gasteiger partial charge in [-0.2, -0.15) is 0 Å². The summed E-state index contributed by atoms with van der Waals surface area (Å²) in [6.45, 7) is 0.0805. The van der Waals surface area contributed by atoms with Gasteiger partial charge in [0.25, 0.3) is 0 Å². The maximum Gasteiger partial charge on any atom is 0.354 e. The summed E-state index contributed by atoms with van der Waals surface area (Å²) in [5, 5.41) is 0.159. The van der Waals surface area contributed by atoms with Crippen molar-refractivity contribution >= 4 is 23.9 Å². The van der Waals surface area contributed by atoms with Crippen LogP contribution in [0.5, 0.6) is 0 Å². The maximum absolute atomic E-state index is 11.3. The molecule has 0 spiro atoms. The predicted octanol–water partition coefficient (Wildman–Crippen LogP) is 1.34. The van der Waals surface area contributed by atoms with Gasteiger partial charge in [0.05, 0.1) is 12.7 Å². The van der Waals surface area contributed by atoms with Gasteiger partial charge in [0, 0.05) is 7.11 Å². The number of carbonyl (C=O) groups is 2. The number of hydrogen-bond donors (Lipinski definition) is 0. The summed E-state index contributed by atoms with van der Waals surface area (Å²) in [5.41, 5.74) is 0.417. The first-order valence-electron chi connectivity index (χ1n) is 4.07. The maximum atomic E-state index is 11.3. The highest BCUT2D eigenvalue weighted by Gasteiger charge is 2.18. The van der Waals surface area contributed by atoms with Crippen LogP contribution in [0.1, 0.15) is 20.8 Å². The molecule has 6 heteroatoms. The number of carbonyl (C=O) groups excluding carboxylic acids is 2. The van der Waals surface area contributed by atoms with Crippen LogP contribution in [-0.4, -0.2) is 31.0 Å². The van der Waals surface area contributed by atoms with E-state index in [0.717, 1.165) is 0 Å². The third-order valence-electron chi connectivity index (χ3n) is 1.84. The monoisotopic (exact) mass is 231 g/mol. The zero-order valence-corrected chi connectivity index (χ0v) is 9.08. The molecule has 0 aromatic carbocycles. The van der Waals surface area contributed by atoms with E-state index in [1.54, 1.807) is 0 Å². The molecule has 0 atom stereocenters. The zero-order valence-electron chi connectivity index (χ0n) is 8.32. The molecule has 0 aliphatic heterocycles. The van der Waals surface area contributed by atoms with Crippen molar-refractivity contribution in [2.45, 2.75) is 6.73 Å². The normalized spacial score (nSPS) is 10.1. The Hall–Kier alpha value is -1.33. The molecule has 0 radical (unpaired) electrons. The average Bonchev–Trinajstić information content (AvgIpc) is 2.56. The molecule has 1 heterocycles. The van der Waals surface area contributed by atoms with Crippen LogP contribution in [0, 0.1) is 0 Å². The molecule has 0 amide bonds. The molecule has 0 saturated carbocycles. The molecule has 0 aliphatic rings. The zero-order chi connectivity index (χ0) is 11.4. The van der Waals surface area contributed by atoms with Crippen LogP contribution < -0.4 is 0 Å². The minimum Gasteiger partial charge on any atom is -0.464 e. The second-order valence-corrected chi connectivity index (χ2v) is 3.09. The summed E-state index contributed by atoms with van der Waals surface area (Å²) in [6.07, 6.45) is 0.570. The van der Waals surface area contributed by atoms with Gasteiger partial charge in [0.2, 0.25) is 0 Å². The number of rotatable bonds is 4. The highest BCUT2D eigenvalue weighted by Crippen LogP contribution is 2.20. The van der Waals surface area contributed by atoms with Crippen molar-refractivity contribution in [1.82, 2.24) is 4.57 Å². The highest BCUT2D eigenvalue weighted by molar-refractivity contribution is 6.32. The molecule has 1 aromatic rings. The first kappa shape index (κ1) is 11.7. The Kier molecular flexibility index (Phi) is 3.88. The van der Waals surface area contributed by atoms with E-state index >= 15 is 0 Å². The molecule has 15 heavy (non-hydrogen) atoms. The van der Waals surface area contributed by atoms with Crippen LogP contribution in [0.25, 0.3) is 0 Å². The first-order chi connectivity index (χ1) is 7.15. The number of aldehydes is 1. The molecule has 82 valence electrons. The van der Waals surface area contributed by atoms with Crippen molar-refractivity contribution in [3.8, 4) is 0 Å². The Morgan fingerprint density at radius 2 is 2.27 bits per heavy atom. The Bertz CT molecular complexity index is 386. The summed E-state index contributed by atoms with van der Waals surface area (Å²) in [5.74, 6) is -0.568. The van der Waals surface area contributed by atoms with E-state index in [-0.39, 0.29) is 23.1 Å². The Morgan fingerprint density at radius 3 is 2.73 bits per heavy atom. The summed E-state index contributed by atoms with van der Waals surface area (Å²) >= 11 is 5.85. The largest absolute Gasteiger partial charge is 0.464 e. The van der Waals surface area contributed by atoms with Crippen molar-refractivity contribution in [2.24, 2.45) is 0 Å². The molecule has 0 bridgehead atoms. The highest BCUT2D eigenvalue weighted by atomic mass is 35.5.